The molecule has 0 aromatic heterocycles. The molecule has 0 fully saturated rings. The number of carbonyl (C=O) groups excluding carboxylic acids is 1. The zero-order valence-corrected chi connectivity index (χ0v) is 10.1. The lowest BCUT2D eigenvalue weighted by molar-refractivity contribution is -0.120. The summed E-state index contributed by atoms with van der Waals surface area (Å²) in [6, 6.07) is 6.77. The number of hydrogen-bond acceptors (Lipinski definition) is 2. The molecule has 0 spiro atoms. The Bertz CT molecular complexity index is 344. The molecule has 4 heteroatoms. The normalized spacial score (nSPS) is 10.1. The number of benzene rings is 1. The first-order chi connectivity index (χ1) is 7.74. The molecule has 1 N–H and O–H groups in total. The highest BCUT2D eigenvalue weighted by atomic mass is 32.2. The van der Waals surface area contributed by atoms with Crippen LogP contribution in [-0.4, -0.2) is 18.2 Å². The smallest absolute Gasteiger partial charge is 0.219 e. The lowest BCUT2D eigenvalue weighted by Crippen LogP contribution is -2.24. The second-order valence-corrected chi connectivity index (χ2v) is 4.45. The maximum Gasteiger partial charge on any atom is 0.219 e. The molecule has 0 radical (unpaired) electrons. The minimum Gasteiger partial charge on any atom is -0.355 e. The van der Waals surface area contributed by atoms with Crippen LogP contribution in [0.3, 0.4) is 0 Å². The summed E-state index contributed by atoms with van der Waals surface area (Å²) in [7, 11) is 0. The third-order valence-electron chi connectivity index (χ3n) is 2.11. The Hall–Kier alpha value is -1.03. The van der Waals surface area contributed by atoms with Crippen molar-refractivity contribution in [1.29, 1.82) is 0 Å². The van der Waals surface area contributed by atoms with Gasteiger partial charge >= 0.3 is 0 Å². The number of halogens is 1. The summed E-state index contributed by atoms with van der Waals surface area (Å²) in [5.74, 6) is 1.36. The van der Waals surface area contributed by atoms with E-state index in [1.807, 2.05) is 13.0 Å². The number of carbonyl (C=O) groups is 1. The maximum atomic E-state index is 13.2. The predicted molar refractivity (Wildman–Crippen MR) is 65.9 cm³/mol. The molecule has 0 bridgehead atoms. The Kier molecular flexibility index (Phi) is 5.93. The molecule has 1 rings (SSSR count). The largest absolute Gasteiger partial charge is 0.355 e. The molecule has 0 aliphatic rings. The van der Waals surface area contributed by atoms with Crippen LogP contribution in [0.15, 0.2) is 24.3 Å². The number of amides is 1. The van der Waals surface area contributed by atoms with E-state index >= 15 is 0 Å². The number of rotatable bonds is 6. The molecule has 0 aliphatic carbocycles. The molecular formula is C12H16FNOS. The molecule has 0 saturated heterocycles. The van der Waals surface area contributed by atoms with Gasteiger partial charge in [-0.25, -0.2) is 4.39 Å². The van der Waals surface area contributed by atoms with E-state index in [1.165, 1.54) is 6.07 Å². The fourth-order valence-electron chi connectivity index (χ4n) is 1.19. The first kappa shape index (κ1) is 13.0. The van der Waals surface area contributed by atoms with Gasteiger partial charge < -0.3 is 5.32 Å². The predicted octanol–water partition coefficient (Wildman–Crippen LogP) is 2.59. The van der Waals surface area contributed by atoms with Gasteiger partial charge in [-0.15, -0.1) is 0 Å². The van der Waals surface area contributed by atoms with E-state index in [4.69, 9.17) is 0 Å². The Morgan fingerprint density at radius 3 is 2.88 bits per heavy atom. The van der Waals surface area contributed by atoms with Crippen LogP contribution in [-0.2, 0) is 10.5 Å². The minimum atomic E-state index is -0.160. The Morgan fingerprint density at radius 1 is 1.44 bits per heavy atom. The van der Waals surface area contributed by atoms with Gasteiger partial charge in [-0.3, -0.25) is 4.79 Å². The standard InChI is InChI=1S/C12H16FNOS/c1-2-12(15)14-7-8-16-9-10-5-3-4-6-11(10)13/h3-6H,2,7-9H2,1H3,(H,14,15). The third-order valence-corrected chi connectivity index (χ3v) is 3.11. The van der Waals surface area contributed by atoms with E-state index in [0.717, 1.165) is 5.75 Å². The summed E-state index contributed by atoms with van der Waals surface area (Å²) in [5, 5.41) is 2.78. The van der Waals surface area contributed by atoms with Crippen molar-refractivity contribution in [1.82, 2.24) is 5.32 Å². The summed E-state index contributed by atoms with van der Waals surface area (Å²) in [6.45, 7) is 2.47. The van der Waals surface area contributed by atoms with Gasteiger partial charge in [0.2, 0.25) is 5.91 Å². The van der Waals surface area contributed by atoms with Crippen LogP contribution >= 0.6 is 11.8 Å². The number of hydrogen-bond donors (Lipinski definition) is 1. The SMILES string of the molecule is CCC(=O)NCCSCc1ccccc1F. The second kappa shape index (κ2) is 7.28. The minimum absolute atomic E-state index is 0.0616. The Labute approximate surface area is 99.6 Å². The van der Waals surface area contributed by atoms with E-state index in [9.17, 15) is 9.18 Å². The van der Waals surface area contributed by atoms with Gasteiger partial charge in [-0.1, -0.05) is 25.1 Å². The summed E-state index contributed by atoms with van der Waals surface area (Å²) in [4.78, 5) is 10.9. The molecule has 1 amide bonds. The van der Waals surface area contributed by atoms with E-state index in [2.05, 4.69) is 5.32 Å². The van der Waals surface area contributed by atoms with Crippen molar-refractivity contribution in [3.05, 3.63) is 35.6 Å². The van der Waals surface area contributed by atoms with Crippen molar-refractivity contribution >= 4 is 17.7 Å². The van der Waals surface area contributed by atoms with Crippen LogP contribution in [0.25, 0.3) is 0 Å². The molecule has 16 heavy (non-hydrogen) atoms. The molecule has 88 valence electrons. The van der Waals surface area contributed by atoms with E-state index < -0.39 is 0 Å². The molecular weight excluding hydrogens is 225 g/mol. The topological polar surface area (TPSA) is 29.1 Å². The molecule has 0 aliphatic heterocycles. The number of thioether (sulfide) groups is 1. The van der Waals surface area contributed by atoms with Crippen molar-refractivity contribution in [3.63, 3.8) is 0 Å². The highest BCUT2D eigenvalue weighted by Gasteiger charge is 2.00. The van der Waals surface area contributed by atoms with Gasteiger partial charge in [0.1, 0.15) is 5.82 Å². The summed E-state index contributed by atoms with van der Waals surface area (Å²) in [6.07, 6.45) is 0.512. The lowest BCUT2D eigenvalue weighted by Gasteiger charge is -2.04. The first-order valence-corrected chi connectivity index (χ1v) is 6.47. The lowest BCUT2D eigenvalue weighted by atomic mass is 10.2. The molecule has 1 aromatic rings. The van der Waals surface area contributed by atoms with Crippen molar-refractivity contribution in [2.75, 3.05) is 12.3 Å². The fraction of sp³-hybridized carbons (Fsp3) is 0.417. The second-order valence-electron chi connectivity index (χ2n) is 3.35. The van der Waals surface area contributed by atoms with Crippen molar-refractivity contribution in [2.45, 2.75) is 19.1 Å². The highest BCUT2D eigenvalue weighted by Crippen LogP contribution is 2.14. The molecule has 0 atom stereocenters. The van der Waals surface area contributed by atoms with Crippen molar-refractivity contribution < 1.29 is 9.18 Å². The molecule has 0 saturated carbocycles. The summed E-state index contributed by atoms with van der Waals surface area (Å²) < 4.78 is 13.2. The van der Waals surface area contributed by atoms with E-state index in [1.54, 1.807) is 23.9 Å². The van der Waals surface area contributed by atoms with Gasteiger partial charge in [-0.05, 0) is 11.6 Å². The summed E-state index contributed by atoms with van der Waals surface area (Å²) >= 11 is 1.62. The average molecular weight is 241 g/mol. The van der Waals surface area contributed by atoms with Crippen LogP contribution < -0.4 is 5.32 Å². The van der Waals surface area contributed by atoms with Gasteiger partial charge in [-0.2, -0.15) is 11.8 Å². The van der Waals surface area contributed by atoms with E-state index in [0.29, 0.717) is 24.3 Å². The Morgan fingerprint density at radius 2 is 2.19 bits per heavy atom. The molecule has 1 aromatic carbocycles. The van der Waals surface area contributed by atoms with Crippen molar-refractivity contribution in [3.8, 4) is 0 Å². The first-order valence-electron chi connectivity index (χ1n) is 5.32. The molecule has 0 heterocycles. The van der Waals surface area contributed by atoms with Crippen LogP contribution in [0.2, 0.25) is 0 Å². The average Bonchev–Trinajstić information content (AvgIpc) is 2.30. The fourth-order valence-corrected chi connectivity index (χ4v) is 2.03. The van der Waals surface area contributed by atoms with Crippen LogP contribution in [0, 0.1) is 5.82 Å². The van der Waals surface area contributed by atoms with Crippen molar-refractivity contribution in [2.24, 2.45) is 0 Å². The maximum absolute atomic E-state index is 13.2. The summed E-state index contributed by atoms with van der Waals surface area (Å²) in [5.41, 5.74) is 0.717. The zero-order valence-electron chi connectivity index (χ0n) is 9.33. The Balaban J connectivity index is 2.17. The van der Waals surface area contributed by atoms with Gasteiger partial charge in [0.05, 0.1) is 0 Å². The monoisotopic (exact) mass is 241 g/mol. The number of nitrogens with one attached hydrogen (secondary N) is 1. The molecule has 2 nitrogen and oxygen atoms in total. The highest BCUT2D eigenvalue weighted by molar-refractivity contribution is 7.98. The van der Waals surface area contributed by atoms with Gasteiger partial charge in [0.25, 0.3) is 0 Å². The van der Waals surface area contributed by atoms with Gasteiger partial charge in [0.15, 0.2) is 0 Å². The third kappa shape index (κ3) is 4.66. The van der Waals surface area contributed by atoms with Crippen LogP contribution in [0.4, 0.5) is 4.39 Å². The zero-order chi connectivity index (χ0) is 11.8. The van der Waals surface area contributed by atoms with E-state index in [-0.39, 0.29) is 11.7 Å². The quantitative estimate of drug-likeness (QED) is 0.776. The van der Waals surface area contributed by atoms with Crippen LogP contribution in [0.5, 0.6) is 0 Å². The van der Waals surface area contributed by atoms with Crippen LogP contribution in [0.1, 0.15) is 18.9 Å². The van der Waals surface area contributed by atoms with Gasteiger partial charge in [0, 0.05) is 24.5 Å². The molecule has 0 unspecified atom stereocenters.